The van der Waals surface area contributed by atoms with Crippen LogP contribution in [0.4, 0.5) is 0 Å². The lowest BCUT2D eigenvalue weighted by atomic mass is 9.90. The Bertz CT molecular complexity index is 1130. The molecule has 192 valence electrons. The van der Waals surface area contributed by atoms with Gasteiger partial charge in [0.05, 0.1) is 13.0 Å². The Labute approximate surface area is 220 Å². The topological polar surface area (TPSA) is 49.9 Å². The van der Waals surface area contributed by atoms with Crippen molar-refractivity contribution in [3.63, 3.8) is 0 Å². The van der Waals surface area contributed by atoms with Crippen LogP contribution in [0.2, 0.25) is 0 Å². The van der Waals surface area contributed by atoms with Crippen molar-refractivity contribution in [2.45, 2.75) is 56.1 Å². The third-order valence-electron chi connectivity index (χ3n) is 8.00. The molecule has 37 heavy (non-hydrogen) atoms. The molecule has 2 saturated heterocycles. The summed E-state index contributed by atoms with van der Waals surface area (Å²) in [5, 5.41) is 0. The molecule has 0 radical (unpaired) electrons. The highest BCUT2D eigenvalue weighted by atomic mass is 16.5. The average molecular weight is 497 g/mol. The molecular weight excluding hydrogens is 460 g/mol. The van der Waals surface area contributed by atoms with E-state index in [1.807, 2.05) is 60.7 Å². The fraction of sp³-hybridized carbons (Fsp3) is 0.375. The number of carbonyl (C=O) groups is 2. The lowest BCUT2D eigenvalue weighted by Crippen LogP contribution is -2.49. The first kappa shape index (κ1) is 25.2. The zero-order valence-corrected chi connectivity index (χ0v) is 21.5. The first-order valence-electron chi connectivity index (χ1n) is 13.4. The number of hydrogen-bond acceptors (Lipinski definition) is 4. The number of hydrogen-bond donors (Lipinski definition) is 0. The second kappa shape index (κ2) is 11.7. The number of carbonyl (C=O) groups excluding carboxylic acids is 2. The summed E-state index contributed by atoms with van der Waals surface area (Å²) in [7, 11) is 1.42. The molecule has 2 unspecified atom stereocenters. The molecule has 3 aromatic carbocycles. The number of piperidine rings is 1. The highest BCUT2D eigenvalue weighted by molar-refractivity contribution is 5.91. The molecule has 5 rings (SSSR count). The van der Waals surface area contributed by atoms with Gasteiger partial charge in [0.15, 0.2) is 0 Å². The van der Waals surface area contributed by atoms with Crippen LogP contribution in [0.15, 0.2) is 91.0 Å². The zero-order valence-electron chi connectivity index (χ0n) is 21.5. The molecule has 1 amide bonds. The molecule has 5 nitrogen and oxygen atoms in total. The smallest absolute Gasteiger partial charge is 0.328 e. The number of benzene rings is 3. The lowest BCUT2D eigenvalue weighted by Gasteiger charge is -2.40. The molecule has 3 atom stereocenters. The fourth-order valence-electron chi connectivity index (χ4n) is 6.20. The van der Waals surface area contributed by atoms with E-state index < -0.39 is 12.0 Å². The normalized spacial score (nSPS) is 22.2. The summed E-state index contributed by atoms with van der Waals surface area (Å²) in [5.74, 6) is -0.825. The van der Waals surface area contributed by atoms with E-state index in [0.717, 1.165) is 36.9 Å². The maximum atomic E-state index is 14.3. The molecule has 2 fully saturated rings. The summed E-state index contributed by atoms with van der Waals surface area (Å²) in [6, 6.07) is 30.4. The van der Waals surface area contributed by atoms with Crippen LogP contribution in [0.25, 0.3) is 0 Å². The molecule has 0 bridgehead atoms. The standard InChI is InChI=1S/C32H36N2O3/c1-37-32(36)29-22-28(33-20-12-11-19-27(33)21-24-13-5-2-6-14-24)23-34(29)31(35)30(25-15-7-3-8-16-25)26-17-9-4-10-18-26/h2-10,13-18,27-30H,11-12,19-23H2,1H3/t27?,28?,29-/m0/s1. The van der Waals surface area contributed by atoms with Crippen molar-refractivity contribution in [3.05, 3.63) is 108 Å². The molecule has 0 aliphatic carbocycles. The molecular formula is C32H36N2O3. The first-order valence-corrected chi connectivity index (χ1v) is 13.4. The molecule has 5 heteroatoms. The Balaban J connectivity index is 1.43. The van der Waals surface area contributed by atoms with E-state index >= 15 is 0 Å². The van der Waals surface area contributed by atoms with Crippen molar-refractivity contribution in [3.8, 4) is 0 Å². The van der Waals surface area contributed by atoms with Gasteiger partial charge in [-0.05, 0) is 48.9 Å². The number of nitrogens with zero attached hydrogens (tertiary/aromatic N) is 2. The monoisotopic (exact) mass is 496 g/mol. The molecule has 3 aromatic rings. The molecule has 2 aliphatic heterocycles. The van der Waals surface area contributed by atoms with Gasteiger partial charge in [0.25, 0.3) is 0 Å². The van der Waals surface area contributed by atoms with Crippen molar-refractivity contribution < 1.29 is 14.3 Å². The van der Waals surface area contributed by atoms with E-state index in [4.69, 9.17) is 4.74 Å². The van der Waals surface area contributed by atoms with Crippen LogP contribution in [0.5, 0.6) is 0 Å². The van der Waals surface area contributed by atoms with Crippen LogP contribution in [-0.2, 0) is 20.7 Å². The number of amides is 1. The second-order valence-corrected chi connectivity index (χ2v) is 10.3. The van der Waals surface area contributed by atoms with Crippen LogP contribution in [-0.4, -0.2) is 60.0 Å². The van der Waals surface area contributed by atoms with Gasteiger partial charge in [-0.1, -0.05) is 97.4 Å². The third-order valence-corrected chi connectivity index (χ3v) is 8.00. The number of likely N-dealkylation sites (tertiary alicyclic amines) is 2. The largest absolute Gasteiger partial charge is 0.467 e. The molecule has 0 spiro atoms. The van der Waals surface area contributed by atoms with E-state index in [1.54, 1.807) is 4.90 Å². The number of ether oxygens (including phenoxy) is 1. The van der Waals surface area contributed by atoms with Crippen LogP contribution >= 0.6 is 0 Å². The maximum absolute atomic E-state index is 14.3. The van der Waals surface area contributed by atoms with Gasteiger partial charge in [-0.3, -0.25) is 9.69 Å². The number of rotatable bonds is 7. The van der Waals surface area contributed by atoms with Crippen molar-refractivity contribution in [1.29, 1.82) is 0 Å². The Kier molecular flexibility index (Phi) is 8.00. The van der Waals surface area contributed by atoms with Gasteiger partial charge in [0.1, 0.15) is 6.04 Å². The molecule has 2 aliphatic rings. The van der Waals surface area contributed by atoms with Crippen molar-refractivity contribution in [1.82, 2.24) is 9.80 Å². The van der Waals surface area contributed by atoms with Gasteiger partial charge in [-0.2, -0.15) is 0 Å². The average Bonchev–Trinajstić information content (AvgIpc) is 3.40. The van der Waals surface area contributed by atoms with Crippen LogP contribution in [0.1, 0.15) is 48.3 Å². The summed E-state index contributed by atoms with van der Waals surface area (Å²) >= 11 is 0. The van der Waals surface area contributed by atoms with Crippen LogP contribution < -0.4 is 0 Å². The summed E-state index contributed by atoms with van der Waals surface area (Å²) < 4.78 is 5.21. The van der Waals surface area contributed by atoms with Gasteiger partial charge in [-0.15, -0.1) is 0 Å². The van der Waals surface area contributed by atoms with Gasteiger partial charge in [0.2, 0.25) is 5.91 Å². The molecule has 0 saturated carbocycles. The molecule has 2 heterocycles. The summed E-state index contributed by atoms with van der Waals surface area (Å²) in [4.78, 5) is 31.6. The minimum atomic E-state index is -0.572. The first-order chi connectivity index (χ1) is 18.2. The van der Waals surface area contributed by atoms with Gasteiger partial charge in [-0.25, -0.2) is 4.79 Å². The summed E-state index contributed by atoms with van der Waals surface area (Å²) in [6.07, 6.45) is 5.10. The Hall–Kier alpha value is -3.44. The maximum Gasteiger partial charge on any atom is 0.328 e. The summed E-state index contributed by atoms with van der Waals surface area (Å²) in [5.41, 5.74) is 3.21. The van der Waals surface area contributed by atoms with Gasteiger partial charge in [0, 0.05) is 18.6 Å². The Morgan fingerprint density at radius 1 is 0.865 bits per heavy atom. The Morgan fingerprint density at radius 3 is 2.05 bits per heavy atom. The third kappa shape index (κ3) is 5.62. The van der Waals surface area contributed by atoms with E-state index in [0.29, 0.717) is 19.0 Å². The summed E-state index contributed by atoms with van der Waals surface area (Å²) in [6.45, 7) is 1.54. The Morgan fingerprint density at radius 2 is 1.46 bits per heavy atom. The predicted octanol–water partition coefficient (Wildman–Crippen LogP) is 5.06. The van der Waals surface area contributed by atoms with Crippen molar-refractivity contribution in [2.75, 3.05) is 20.2 Å². The quantitative estimate of drug-likeness (QED) is 0.429. The minimum Gasteiger partial charge on any atom is -0.467 e. The van der Waals surface area contributed by atoms with Crippen LogP contribution in [0, 0.1) is 0 Å². The molecule has 0 N–H and O–H groups in total. The zero-order chi connectivity index (χ0) is 25.6. The minimum absolute atomic E-state index is 0.0353. The highest BCUT2D eigenvalue weighted by Gasteiger charge is 2.46. The SMILES string of the molecule is COC(=O)[C@@H]1CC(N2CCCCC2Cc2ccccc2)CN1C(=O)C(c1ccccc1)c1ccccc1. The fourth-order valence-corrected chi connectivity index (χ4v) is 6.20. The number of esters is 1. The van der Waals surface area contributed by atoms with E-state index in [1.165, 1.54) is 19.1 Å². The van der Waals surface area contributed by atoms with Crippen molar-refractivity contribution >= 4 is 11.9 Å². The number of methoxy groups -OCH3 is 1. The molecule has 0 aromatic heterocycles. The second-order valence-electron chi connectivity index (χ2n) is 10.3. The highest BCUT2D eigenvalue weighted by Crippen LogP contribution is 2.34. The van der Waals surface area contributed by atoms with E-state index in [9.17, 15) is 9.59 Å². The van der Waals surface area contributed by atoms with Gasteiger partial charge >= 0.3 is 5.97 Å². The van der Waals surface area contributed by atoms with Crippen LogP contribution in [0.3, 0.4) is 0 Å². The van der Waals surface area contributed by atoms with E-state index in [2.05, 4.69) is 35.2 Å². The van der Waals surface area contributed by atoms with E-state index in [-0.39, 0.29) is 17.9 Å². The predicted molar refractivity (Wildman–Crippen MR) is 145 cm³/mol. The van der Waals surface area contributed by atoms with Crippen molar-refractivity contribution in [2.24, 2.45) is 0 Å². The van der Waals surface area contributed by atoms with Gasteiger partial charge < -0.3 is 9.64 Å². The lowest BCUT2D eigenvalue weighted by molar-refractivity contribution is -0.151.